The summed E-state index contributed by atoms with van der Waals surface area (Å²) >= 11 is 0. The van der Waals surface area contributed by atoms with Crippen LogP contribution in [0.4, 0.5) is 0 Å². The SMILES string of the molecule is OC(/C=C/CCCC#Cc1ccccc1)c1ccccc1. The number of aliphatic hydroxyl groups is 1. The topological polar surface area (TPSA) is 20.2 Å². The standard InChI is InChI=1S/C20H20O/c21-20(19-15-9-5-10-16-19)17-11-3-1-2-6-12-18-13-7-4-8-14-18/h4-5,7-11,13-17,20-21H,1-3H2/b17-11+. The Kier molecular flexibility index (Phi) is 6.32. The Hall–Kier alpha value is -2.30. The Bertz CT molecular complexity index is 603. The Balaban J connectivity index is 1.68. The van der Waals surface area contributed by atoms with Crippen LogP contribution in [0.2, 0.25) is 0 Å². The first-order valence-corrected chi connectivity index (χ1v) is 7.30. The average Bonchev–Trinajstić information content (AvgIpc) is 2.55. The number of benzene rings is 2. The molecule has 0 amide bonds. The van der Waals surface area contributed by atoms with Gasteiger partial charge in [-0.25, -0.2) is 0 Å². The predicted molar refractivity (Wildman–Crippen MR) is 87.7 cm³/mol. The Morgan fingerprint density at radius 1 is 0.952 bits per heavy atom. The maximum absolute atomic E-state index is 9.96. The molecule has 2 rings (SSSR count). The van der Waals surface area contributed by atoms with Crippen molar-refractivity contribution >= 4 is 0 Å². The summed E-state index contributed by atoms with van der Waals surface area (Å²) in [5, 5.41) is 9.96. The lowest BCUT2D eigenvalue weighted by Gasteiger charge is -2.04. The first kappa shape index (κ1) is 15.1. The van der Waals surface area contributed by atoms with Gasteiger partial charge in [-0.2, -0.15) is 0 Å². The van der Waals surface area contributed by atoms with Gasteiger partial charge in [-0.15, -0.1) is 0 Å². The van der Waals surface area contributed by atoms with Crippen molar-refractivity contribution in [3.8, 4) is 11.8 Å². The van der Waals surface area contributed by atoms with Crippen molar-refractivity contribution in [2.75, 3.05) is 0 Å². The van der Waals surface area contributed by atoms with Gasteiger partial charge in [0.1, 0.15) is 0 Å². The van der Waals surface area contributed by atoms with Gasteiger partial charge in [-0.1, -0.05) is 72.5 Å². The van der Waals surface area contributed by atoms with Crippen molar-refractivity contribution in [2.24, 2.45) is 0 Å². The average molecular weight is 276 g/mol. The van der Waals surface area contributed by atoms with E-state index in [0.29, 0.717) is 0 Å². The van der Waals surface area contributed by atoms with E-state index in [4.69, 9.17) is 0 Å². The minimum Gasteiger partial charge on any atom is -0.384 e. The maximum Gasteiger partial charge on any atom is 0.0971 e. The molecule has 1 atom stereocenters. The summed E-state index contributed by atoms with van der Waals surface area (Å²) in [4.78, 5) is 0. The van der Waals surface area contributed by atoms with Crippen molar-refractivity contribution in [3.63, 3.8) is 0 Å². The quantitative estimate of drug-likeness (QED) is 0.484. The summed E-state index contributed by atoms with van der Waals surface area (Å²) in [7, 11) is 0. The number of allylic oxidation sites excluding steroid dienone is 1. The van der Waals surface area contributed by atoms with Gasteiger partial charge in [0.2, 0.25) is 0 Å². The summed E-state index contributed by atoms with van der Waals surface area (Å²) in [6.07, 6.45) is 6.19. The molecule has 106 valence electrons. The van der Waals surface area contributed by atoms with Crippen LogP contribution in [0.3, 0.4) is 0 Å². The summed E-state index contributed by atoms with van der Waals surface area (Å²) in [5.74, 6) is 6.32. The van der Waals surface area contributed by atoms with Gasteiger partial charge in [-0.3, -0.25) is 0 Å². The number of hydrogen-bond donors (Lipinski definition) is 1. The minimum atomic E-state index is -0.512. The lowest BCUT2D eigenvalue weighted by Crippen LogP contribution is -1.91. The van der Waals surface area contributed by atoms with Gasteiger partial charge in [0.15, 0.2) is 0 Å². The largest absolute Gasteiger partial charge is 0.384 e. The fourth-order valence-electron chi connectivity index (χ4n) is 1.98. The summed E-state index contributed by atoms with van der Waals surface area (Å²) in [6.45, 7) is 0. The molecule has 2 aromatic rings. The van der Waals surface area contributed by atoms with Crippen LogP contribution in [0.25, 0.3) is 0 Å². The molecule has 0 heterocycles. The predicted octanol–water partition coefficient (Wildman–Crippen LogP) is 4.50. The normalized spacial score (nSPS) is 11.9. The molecule has 0 aliphatic rings. The maximum atomic E-state index is 9.96. The molecule has 2 aromatic carbocycles. The van der Waals surface area contributed by atoms with E-state index in [2.05, 4.69) is 11.8 Å². The van der Waals surface area contributed by atoms with Crippen LogP contribution in [-0.4, -0.2) is 5.11 Å². The fourth-order valence-corrected chi connectivity index (χ4v) is 1.98. The van der Waals surface area contributed by atoms with Crippen LogP contribution in [0.1, 0.15) is 36.5 Å². The molecule has 0 aliphatic carbocycles. The second kappa shape index (κ2) is 8.79. The van der Waals surface area contributed by atoms with Crippen LogP contribution < -0.4 is 0 Å². The van der Waals surface area contributed by atoms with Gasteiger partial charge in [0.25, 0.3) is 0 Å². The van der Waals surface area contributed by atoms with Gasteiger partial charge >= 0.3 is 0 Å². The Morgan fingerprint density at radius 3 is 2.33 bits per heavy atom. The smallest absolute Gasteiger partial charge is 0.0971 e. The molecule has 0 radical (unpaired) electrons. The highest BCUT2D eigenvalue weighted by Gasteiger charge is 2.00. The van der Waals surface area contributed by atoms with Crippen LogP contribution in [0, 0.1) is 11.8 Å². The Morgan fingerprint density at radius 2 is 1.62 bits per heavy atom. The molecule has 0 saturated heterocycles. The molecule has 1 N–H and O–H groups in total. The van der Waals surface area contributed by atoms with Gasteiger partial charge in [-0.05, 0) is 30.5 Å². The number of unbranched alkanes of at least 4 members (excludes halogenated alkanes) is 2. The van der Waals surface area contributed by atoms with Gasteiger partial charge in [0, 0.05) is 12.0 Å². The summed E-state index contributed by atoms with van der Waals surface area (Å²) in [5.41, 5.74) is 1.99. The molecule has 0 aliphatic heterocycles. The van der Waals surface area contributed by atoms with Crippen LogP contribution in [-0.2, 0) is 0 Å². The lowest BCUT2D eigenvalue weighted by atomic mass is 10.1. The van der Waals surface area contributed by atoms with Crippen molar-refractivity contribution < 1.29 is 5.11 Å². The van der Waals surface area contributed by atoms with Crippen LogP contribution >= 0.6 is 0 Å². The molecule has 1 unspecified atom stereocenters. The second-order valence-electron chi connectivity index (χ2n) is 4.84. The van der Waals surface area contributed by atoms with Crippen LogP contribution in [0.5, 0.6) is 0 Å². The highest BCUT2D eigenvalue weighted by molar-refractivity contribution is 5.33. The third kappa shape index (κ3) is 5.69. The van der Waals surface area contributed by atoms with E-state index in [0.717, 1.165) is 30.4 Å². The van der Waals surface area contributed by atoms with E-state index in [9.17, 15) is 5.11 Å². The first-order valence-electron chi connectivity index (χ1n) is 7.30. The number of rotatable bonds is 5. The molecular formula is C20H20O. The van der Waals surface area contributed by atoms with Crippen molar-refractivity contribution in [3.05, 3.63) is 83.9 Å². The fraction of sp³-hybridized carbons (Fsp3) is 0.200. The molecule has 0 aromatic heterocycles. The number of hydrogen-bond acceptors (Lipinski definition) is 1. The van der Waals surface area contributed by atoms with E-state index in [1.807, 2.05) is 72.8 Å². The highest BCUT2D eigenvalue weighted by Crippen LogP contribution is 2.13. The highest BCUT2D eigenvalue weighted by atomic mass is 16.3. The van der Waals surface area contributed by atoms with Gasteiger partial charge in [0.05, 0.1) is 6.10 Å². The molecule has 1 nitrogen and oxygen atoms in total. The third-order valence-electron chi connectivity index (χ3n) is 3.14. The van der Waals surface area contributed by atoms with Crippen molar-refractivity contribution in [1.82, 2.24) is 0 Å². The molecule has 0 saturated carbocycles. The summed E-state index contributed by atoms with van der Waals surface area (Å²) < 4.78 is 0. The Labute approximate surface area is 127 Å². The molecule has 0 spiro atoms. The molecular weight excluding hydrogens is 256 g/mol. The zero-order chi connectivity index (χ0) is 14.8. The van der Waals surface area contributed by atoms with E-state index in [-0.39, 0.29) is 0 Å². The van der Waals surface area contributed by atoms with E-state index in [1.54, 1.807) is 0 Å². The third-order valence-corrected chi connectivity index (χ3v) is 3.14. The number of aliphatic hydroxyl groups excluding tert-OH is 1. The van der Waals surface area contributed by atoms with Crippen molar-refractivity contribution in [1.29, 1.82) is 0 Å². The van der Waals surface area contributed by atoms with E-state index < -0.39 is 6.10 Å². The van der Waals surface area contributed by atoms with Crippen molar-refractivity contribution in [2.45, 2.75) is 25.4 Å². The zero-order valence-electron chi connectivity index (χ0n) is 12.1. The second-order valence-corrected chi connectivity index (χ2v) is 4.84. The first-order chi connectivity index (χ1) is 10.4. The van der Waals surface area contributed by atoms with E-state index >= 15 is 0 Å². The minimum absolute atomic E-state index is 0.512. The lowest BCUT2D eigenvalue weighted by molar-refractivity contribution is 0.228. The molecule has 21 heavy (non-hydrogen) atoms. The molecule has 0 fully saturated rings. The van der Waals surface area contributed by atoms with E-state index in [1.165, 1.54) is 0 Å². The monoisotopic (exact) mass is 276 g/mol. The molecule has 0 bridgehead atoms. The zero-order valence-corrected chi connectivity index (χ0v) is 12.1. The molecule has 1 heteroatoms. The summed E-state index contributed by atoms with van der Waals surface area (Å²) in [6, 6.07) is 19.7. The van der Waals surface area contributed by atoms with Gasteiger partial charge < -0.3 is 5.11 Å². The van der Waals surface area contributed by atoms with Crippen LogP contribution in [0.15, 0.2) is 72.8 Å².